The zero-order valence-electron chi connectivity index (χ0n) is 15.1. The van der Waals surface area contributed by atoms with Gasteiger partial charge in [-0.1, -0.05) is 48.5 Å². The number of hydrogen-bond donors (Lipinski definition) is 0. The third kappa shape index (κ3) is 2.10. The van der Waals surface area contributed by atoms with E-state index in [-0.39, 0.29) is 35.0 Å². The molecule has 0 atom stereocenters. The van der Waals surface area contributed by atoms with Crippen LogP contribution in [0.3, 0.4) is 0 Å². The molecule has 0 saturated carbocycles. The van der Waals surface area contributed by atoms with Crippen molar-refractivity contribution in [1.29, 1.82) is 0 Å². The van der Waals surface area contributed by atoms with Gasteiger partial charge in [-0.2, -0.15) is 0 Å². The fourth-order valence-corrected chi connectivity index (χ4v) is 3.93. The second kappa shape index (κ2) is 5.89. The summed E-state index contributed by atoms with van der Waals surface area (Å²) >= 11 is 0. The molecule has 0 amide bonds. The molecule has 0 N–H and O–H groups in total. The van der Waals surface area contributed by atoms with Gasteiger partial charge in [0.05, 0.1) is 23.3 Å². The third-order valence-corrected chi connectivity index (χ3v) is 5.14. The van der Waals surface area contributed by atoms with E-state index in [9.17, 15) is 14.4 Å². The molecular formula is C23H15NO4. The fraction of sp³-hybridized carbons (Fsp3) is 0.0870. The Kier molecular flexibility index (Phi) is 3.46. The van der Waals surface area contributed by atoms with E-state index in [0.717, 1.165) is 10.8 Å². The Morgan fingerprint density at radius 3 is 2.29 bits per heavy atom. The molecule has 0 radical (unpaired) electrons. The molecule has 5 nitrogen and oxygen atoms in total. The van der Waals surface area contributed by atoms with Gasteiger partial charge in [0.1, 0.15) is 5.69 Å². The van der Waals surface area contributed by atoms with Crippen LogP contribution in [0.25, 0.3) is 16.3 Å². The van der Waals surface area contributed by atoms with Crippen LogP contribution >= 0.6 is 0 Å². The molecule has 0 spiro atoms. The minimum atomic E-state index is -0.600. The summed E-state index contributed by atoms with van der Waals surface area (Å²) in [6.45, 7) is 1.89. The van der Waals surface area contributed by atoms with Gasteiger partial charge in [0.25, 0.3) is 0 Å². The number of fused-ring (bicyclic) bond motifs is 5. The number of carbonyl (C=O) groups is 3. The second-order valence-electron chi connectivity index (χ2n) is 6.68. The first-order chi connectivity index (χ1) is 13.6. The summed E-state index contributed by atoms with van der Waals surface area (Å²) in [5.74, 6) is -1.20. The maximum absolute atomic E-state index is 13.3. The Hall–Kier alpha value is -3.73. The lowest BCUT2D eigenvalue weighted by Crippen LogP contribution is -2.23. The van der Waals surface area contributed by atoms with Crippen molar-refractivity contribution in [1.82, 2.24) is 4.40 Å². The summed E-state index contributed by atoms with van der Waals surface area (Å²) in [5, 5.41) is 1.81. The quantitative estimate of drug-likeness (QED) is 0.441. The maximum atomic E-state index is 13.3. The largest absolute Gasteiger partial charge is 0.462 e. The van der Waals surface area contributed by atoms with E-state index in [4.69, 9.17) is 4.74 Å². The second-order valence-corrected chi connectivity index (χ2v) is 6.68. The van der Waals surface area contributed by atoms with Gasteiger partial charge in [0.15, 0.2) is 5.78 Å². The molecule has 28 heavy (non-hydrogen) atoms. The molecule has 0 unspecified atom stereocenters. The van der Waals surface area contributed by atoms with Gasteiger partial charge in [0, 0.05) is 17.3 Å². The van der Waals surface area contributed by atoms with E-state index >= 15 is 0 Å². The van der Waals surface area contributed by atoms with Crippen LogP contribution < -0.4 is 0 Å². The van der Waals surface area contributed by atoms with Gasteiger partial charge >= 0.3 is 5.97 Å². The van der Waals surface area contributed by atoms with Crippen LogP contribution in [0.4, 0.5) is 0 Å². The highest BCUT2D eigenvalue weighted by atomic mass is 16.5. The average molecular weight is 369 g/mol. The summed E-state index contributed by atoms with van der Waals surface area (Å²) in [6, 6.07) is 16.2. The molecule has 136 valence electrons. The number of rotatable bonds is 2. The van der Waals surface area contributed by atoms with E-state index in [1.165, 1.54) is 0 Å². The van der Waals surface area contributed by atoms with E-state index < -0.39 is 5.97 Å². The van der Waals surface area contributed by atoms with E-state index in [0.29, 0.717) is 16.6 Å². The first-order valence-electron chi connectivity index (χ1n) is 9.04. The molecule has 1 aliphatic carbocycles. The minimum Gasteiger partial charge on any atom is -0.462 e. The minimum absolute atomic E-state index is 0.123. The highest BCUT2D eigenvalue weighted by Crippen LogP contribution is 2.35. The molecule has 4 aromatic rings. The van der Waals surface area contributed by atoms with Crippen molar-refractivity contribution < 1.29 is 19.1 Å². The van der Waals surface area contributed by atoms with Crippen molar-refractivity contribution in [3.8, 4) is 0 Å². The van der Waals surface area contributed by atoms with Crippen LogP contribution in [0.5, 0.6) is 0 Å². The molecule has 0 saturated heterocycles. The highest BCUT2D eigenvalue weighted by molar-refractivity contribution is 6.32. The predicted octanol–water partition coefficient (Wildman–Crippen LogP) is 4.04. The maximum Gasteiger partial charge on any atom is 0.341 e. The highest BCUT2D eigenvalue weighted by Gasteiger charge is 2.38. The SMILES string of the molecule is CCOC(=O)c1c2c(n3cc4ccccc4cc13)C(=O)c1ccccc1C2=O. The average Bonchev–Trinajstić information content (AvgIpc) is 3.05. The molecule has 2 aromatic heterocycles. The number of carbonyl (C=O) groups excluding carboxylic acids is 3. The fourth-order valence-electron chi connectivity index (χ4n) is 3.93. The Morgan fingerprint density at radius 1 is 0.929 bits per heavy atom. The lowest BCUT2D eigenvalue weighted by molar-refractivity contribution is 0.0526. The van der Waals surface area contributed by atoms with Gasteiger partial charge in [-0.3, -0.25) is 9.59 Å². The number of hydrogen-bond acceptors (Lipinski definition) is 4. The topological polar surface area (TPSA) is 64.8 Å². The Morgan fingerprint density at radius 2 is 1.57 bits per heavy atom. The van der Waals surface area contributed by atoms with Crippen LogP contribution in [0.2, 0.25) is 0 Å². The van der Waals surface area contributed by atoms with E-state index in [1.807, 2.05) is 30.3 Å². The molecule has 5 heteroatoms. The number of ether oxygens (including phenoxy) is 1. The zero-order valence-corrected chi connectivity index (χ0v) is 15.1. The van der Waals surface area contributed by atoms with Gasteiger partial charge in [0.2, 0.25) is 5.78 Å². The van der Waals surface area contributed by atoms with Crippen molar-refractivity contribution in [2.45, 2.75) is 6.92 Å². The zero-order chi connectivity index (χ0) is 19.4. The summed E-state index contributed by atoms with van der Waals surface area (Å²) in [5.41, 5.74) is 1.64. The van der Waals surface area contributed by atoms with Crippen LogP contribution in [0.15, 0.2) is 60.8 Å². The van der Waals surface area contributed by atoms with Crippen LogP contribution in [0, 0.1) is 0 Å². The van der Waals surface area contributed by atoms with Gasteiger partial charge < -0.3 is 9.14 Å². The normalized spacial score (nSPS) is 12.9. The van der Waals surface area contributed by atoms with Gasteiger partial charge in [-0.15, -0.1) is 0 Å². The smallest absolute Gasteiger partial charge is 0.341 e. The number of aromatic nitrogens is 1. The van der Waals surface area contributed by atoms with E-state index in [2.05, 4.69) is 0 Å². The molecule has 2 aromatic carbocycles. The number of pyridine rings is 1. The summed E-state index contributed by atoms with van der Waals surface area (Å²) in [4.78, 5) is 39.3. The summed E-state index contributed by atoms with van der Waals surface area (Å²) in [7, 11) is 0. The molecule has 0 bridgehead atoms. The number of benzene rings is 2. The Balaban J connectivity index is 1.94. The lowest BCUT2D eigenvalue weighted by atomic mass is 9.86. The molecular weight excluding hydrogens is 354 g/mol. The predicted molar refractivity (Wildman–Crippen MR) is 104 cm³/mol. The molecule has 1 aliphatic rings. The monoisotopic (exact) mass is 369 g/mol. The summed E-state index contributed by atoms with van der Waals surface area (Å²) in [6.07, 6.45) is 1.80. The van der Waals surface area contributed by atoms with Crippen LogP contribution in [-0.4, -0.2) is 28.5 Å². The molecule has 2 heterocycles. The van der Waals surface area contributed by atoms with Crippen LogP contribution in [-0.2, 0) is 4.74 Å². The summed E-state index contributed by atoms with van der Waals surface area (Å²) < 4.78 is 6.88. The number of esters is 1. The Bertz CT molecular complexity index is 1330. The first-order valence-corrected chi connectivity index (χ1v) is 9.04. The third-order valence-electron chi connectivity index (χ3n) is 5.14. The van der Waals surface area contributed by atoms with Crippen LogP contribution in [0.1, 0.15) is 49.3 Å². The lowest BCUT2D eigenvalue weighted by Gasteiger charge is -2.15. The molecule has 5 rings (SSSR count). The van der Waals surface area contributed by atoms with Gasteiger partial charge in [-0.25, -0.2) is 4.79 Å². The van der Waals surface area contributed by atoms with E-state index in [1.54, 1.807) is 41.8 Å². The number of ketones is 2. The molecule has 0 aliphatic heterocycles. The standard InChI is InChI=1S/C23H15NO4/c1-2-28-23(27)18-17-11-13-7-3-4-8-14(13)12-24(17)20-19(18)21(25)15-9-5-6-10-16(15)22(20)26/h3-12H,2H2,1H3. The van der Waals surface area contributed by atoms with Crippen molar-refractivity contribution in [2.24, 2.45) is 0 Å². The van der Waals surface area contributed by atoms with Crippen molar-refractivity contribution >= 4 is 33.8 Å². The van der Waals surface area contributed by atoms with Crippen molar-refractivity contribution in [2.75, 3.05) is 6.61 Å². The van der Waals surface area contributed by atoms with Crippen molar-refractivity contribution in [3.05, 3.63) is 88.7 Å². The van der Waals surface area contributed by atoms with Gasteiger partial charge in [-0.05, 0) is 23.8 Å². The van der Waals surface area contributed by atoms with Crippen molar-refractivity contribution in [3.63, 3.8) is 0 Å². The Labute approximate surface area is 160 Å². The molecule has 0 fully saturated rings. The number of nitrogens with zero attached hydrogens (tertiary/aromatic N) is 1. The first kappa shape index (κ1) is 16.4.